The first kappa shape index (κ1) is 30.3. The van der Waals surface area contributed by atoms with Crippen LogP contribution in [-0.4, -0.2) is 4.57 Å². The lowest BCUT2D eigenvalue weighted by atomic mass is 9.65. The number of hydrogen-bond acceptors (Lipinski definition) is 0. The van der Waals surface area contributed by atoms with Crippen LogP contribution in [0.4, 0.5) is 0 Å². The van der Waals surface area contributed by atoms with Crippen LogP contribution in [0.15, 0.2) is 152 Å². The zero-order valence-electron chi connectivity index (χ0n) is 30.7. The number of aromatic nitrogens is 1. The van der Waals surface area contributed by atoms with Crippen molar-refractivity contribution >= 4 is 32.6 Å². The molecule has 1 heterocycles. The van der Waals surface area contributed by atoms with Gasteiger partial charge in [-0.25, -0.2) is 0 Å². The van der Waals surface area contributed by atoms with Gasteiger partial charge in [-0.3, -0.25) is 0 Å². The molecule has 1 aromatic heterocycles. The van der Waals surface area contributed by atoms with E-state index >= 15 is 0 Å². The number of rotatable bonds is 4. The summed E-state index contributed by atoms with van der Waals surface area (Å²) < 4.78 is 2.44. The topological polar surface area (TPSA) is 4.93 Å². The summed E-state index contributed by atoms with van der Waals surface area (Å²) >= 11 is 0. The van der Waals surface area contributed by atoms with E-state index in [1.54, 1.807) is 0 Å². The van der Waals surface area contributed by atoms with Gasteiger partial charge in [0.25, 0.3) is 0 Å². The van der Waals surface area contributed by atoms with Crippen LogP contribution in [0.1, 0.15) is 55.6 Å². The molecule has 0 amide bonds. The molecule has 0 fully saturated rings. The number of benzene rings is 8. The maximum Gasteiger partial charge on any atom is 0.0713 e. The van der Waals surface area contributed by atoms with Crippen molar-refractivity contribution < 1.29 is 0 Å². The highest BCUT2D eigenvalue weighted by Crippen LogP contribution is 2.58. The van der Waals surface area contributed by atoms with Crippen molar-refractivity contribution in [1.82, 2.24) is 4.57 Å². The minimum absolute atomic E-state index is 0.372. The maximum absolute atomic E-state index is 2.55. The molecule has 54 heavy (non-hydrogen) atoms. The van der Waals surface area contributed by atoms with Crippen molar-refractivity contribution in [3.63, 3.8) is 0 Å². The van der Waals surface area contributed by atoms with E-state index in [4.69, 9.17) is 0 Å². The predicted molar refractivity (Wildman–Crippen MR) is 225 cm³/mol. The monoisotopic (exact) mass is 689 g/mol. The fraction of sp³-hybridized carbons (Fsp3) is 0.132. The summed E-state index contributed by atoms with van der Waals surface area (Å²) in [6.07, 6.45) is 4.74. The fourth-order valence-electron chi connectivity index (χ4n) is 10.3. The van der Waals surface area contributed by atoms with Gasteiger partial charge in [0, 0.05) is 16.5 Å². The van der Waals surface area contributed by atoms with Crippen molar-refractivity contribution in [2.24, 2.45) is 0 Å². The van der Waals surface area contributed by atoms with Crippen LogP contribution >= 0.6 is 0 Å². The molecular formula is C53H39N. The zero-order chi connectivity index (χ0) is 35.7. The van der Waals surface area contributed by atoms with E-state index in [9.17, 15) is 0 Å². The molecule has 0 aliphatic heterocycles. The first-order valence-corrected chi connectivity index (χ1v) is 19.6. The Morgan fingerprint density at radius 3 is 1.78 bits per heavy atom. The van der Waals surface area contributed by atoms with E-state index < -0.39 is 0 Å². The molecule has 0 atom stereocenters. The van der Waals surface area contributed by atoms with Crippen LogP contribution in [0.3, 0.4) is 0 Å². The molecule has 0 N–H and O–H groups in total. The van der Waals surface area contributed by atoms with Crippen LogP contribution < -0.4 is 0 Å². The van der Waals surface area contributed by atoms with Crippen LogP contribution in [-0.2, 0) is 31.1 Å². The van der Waals surface area contributed by atoms with Gasteiger partial charge >= 0.3 is 0 Å². The van der Waals surface area contributed by atoms with Crippen molar-refractivity contribution in [3.8, 4) is 27.9 Å². The SMILES string of the molecule is Cc1ccc2c(c1)C(c1ccc3c(c1)CC3)(c1ccc3c(c1)CC3)c1cc(C)c(-c3ccc4c(c3)c3cc5ccccc5cc3n4-c3ccccc3)cc1-2. The van der Waals surface area contributed by atoms with Crippen molar-refractivity contribution in [2.75, 3.05) is 0 Å². The zero-order valence-corrected chi connectivity index (χ0v) is 30.7. The lowest BCUT2D eigenvalue weighted by Gasteiger charge is -2.37. The molecule has 0 radical (unpaired) electrons. The molecule has 12 rings (SSSR count). The Morgan fingerprint density at radius 2 is 1.09 bits per heavy atom. The van der Waals surface area contributed by atoms with Gasteiger partial charge in [-0.15, -0.1) is 0 Å². The lowest BCUT2D eigenvalue weighted by molar-refractivity contribution is 0.739. The first-order valence-electron chi connectivity index (χ1n) is 19.6. The summed E-state index contributed by atoms with van der Waals surface area (Å²) in [5, 5.41) is 5.10. The van der Waals surface area contributed by atoms with E-state index in [1.165, 1.54) is 142 Å². The smallest absolute Gasteiger partial charge is 0.0713 e. The van der Waals surface area contributed by atoms with E-state index in [1.807, 2.05) is 0 Å². The maximum atomic E-state index is 2.55. The fourth-order valence-corrected chi connectivity index (χ4v) is 10.3. The summed E-state index contributed by atoms with van der Waals surface area (Å²) in [4.78, 5) is 0. The minimum Gasteiger partial charge on any atom is -0.309 e. The molecular weight excluding hydrogens is 651 g/mol. The molecule has 1 heteroatoms. The number of aryl methyl sites for hydroxylation is 6. The molecule has 3 aliphatic carbocycles. The molecule has 0 bridgehead atoms. The van der Waals surface area contributed by atoms with Gasteiger partial charge in [0.2, 0.25) is 0 Å². The second kappa shape index (κ2) is 10.9. The van der Waals surface area contributed by atoms with E-state index in [2.05, 4.69) is 170 Å². The molecule has 0 spiro atoms. The second-order valence-corrected chi connectivity index (χ2v) is 16.1. The third kappa shape index (κ3) is 4.05. The third-order valence-electron chi connectivity index (χ3n) is 13.2. The molecule has 0 unspecified atom stereocenters. The van der Waals surface area contributed by atoms with Gasteiger partial charge < -0.3 is 4.57 Å². The Kier molecular flexibility index (Phi) is 6.13. The van der Waals surface area contributed by atoms with E-state index in [-0.39, 0.29) is 5.41 Å². The highest BCUT2D eigenvalue weighted by atomic mass is 15.0. The lowest BCUT2D eigenvalue weighted by Crippen LogP contribution is -2.30. The van der Waals surface area contributed by atoms with E-state index in [0.717, 1.165) is 0 Å². The van der Waals surface area contributed by atoms with Crippen LogP contribution in [0.2, 0.25) is 0 Å². The largest absolute Gasteiger partial charge is 0.309 e. The van der Waals surface area contributed by atoms with Crippen molar-refractivity contribution in [2.45, 2.75) is 44.9 Å². The van der Waals surface area contributed by atoms with E-state index in [0.29, 0.717) is 0 Å². The van der Waals surface area contributed by atoms with Crippen LogP contribution in [0.5, 0.6) is 0 Å². The summed E-state index contributed by atoms with van der Waals surface area (Å²) in [5.41, 5.74) is 22.9. The summed E-state index contributed by atoms with van der Waals surface area (Å²) in [6, 6.07) is 58.5. The first-order chi connectivity index (χ1) is 26.5. The van der Waals surface area contributed by atoms with Crippen molar-refractivity contribution in [3.05, 3.63) is 207 Å². The Morgan fingerprint density at radius 1 is 0.444 bits per heavy atom. The number of hydrogen-bond donors (Lipinski definition) is 0. The van der Waals surface area contributed by atoms with Crippen LogP contribution in [0, 0.1) is 13.8 Å². The Balaban J connectivity index is 1.12. The predicted octanol–water partition coefficient (Wildman–Crippen LogP) is 12.8. The summed E-state index contributed by atoms with van der Waals surface area (Å²) in [6.45, 7) is 4.58. The second-order valence-electron chi connectivity index (χ2n) is 16.1. The molecule has 1 nitrogen and oxygen atoms in total. The number of nitrogens with zero attached hydrogens (tertiary/aromatic N) is 1. The molecule has 0 saturated heterocycles. The van der Waals surface area contributed by atoms with Crippen molar-refractivity contribution in [1.29, 1.82) is 0 Å². The van der Waals surface area contributed by atoms with Gasteiger partial charge in [0.15, 0.2) is 0 Å². The molecule has 0 saturated carbocycles. The van der Waals surface area contributed by atoms with Gasteiger partial charge in [0.1, 0.15) is 0 Å². The average Bonchev–Trinajstić information content (AvgIpc) is 3.63. The number of fused-ring (bicyclic) bond motifs is 9. The Labute approximate surface area is 316 Å². The highest BCUT2D eigenvalue weighted by Gasteiger charge is 2.47. The van der Waals surface area contributed by atoms with Crippen LogP contribution in [0.25, 0.3) is 60.5 Å². The minimum atomic E-state index is -0.372. The number of para-hydroxylation sites is 1. The van der Waals surface area contributed by atoms with Gasteiger partial charge in [-0.05, 0) is 165 Å². The normalized spacial score (nSPS) is 14.7. The molecule has 8 aromatic carbocycles. The molecule has 3 aliphatic rings. The third-order valence-corrected chi connectivity index (χ3v) is 13.2. The standard InChI is InChI=1S/C53H39N/c1-32-12-22-44-46-31-45(40-19-23-51-47(29-40)48-28-36-8-6-7-9-37(36)30-52(48)54(51)43-10-4-3-5-11-43)33(2)25-50(46)53(49(44)24-32,41-20-17-34-13-15-38(34)26-41)42-21-18-35-14-16-39(35)27-42/h3-12,17-31H,13-16H2,1-2H3. The molecule has 256 valence electrons. The Hall–Kier alpha value is -6.18. The van der Waals surface area contributed by atoms with Gasteiger partial charge in [-0.1, -0.05) is 115 Å². The quantitative estimate of drug-likeness (QED) is 0.173. The van der Waals surface area contributed by atoms with Gasteiger partial charge in [0.05, 0.1) is 16.4 Å². The Bertz CT molecular complexity index is 3010. The van der Waals surface area contributed by atoms with Gasteiger partial charge in [-0.2, -0.15) is 0 Å². The highest BCUT2D eigenvalue weighted by molar-refractivity contribution is 6.14. The summed E-state index contributed by atoms with van der Waals surface area (Å²) in [7, 11) is 0. The average molecular weight is 690 g/mol. The molecule has 9 aromatic rings. The summed E-state index contributed by atoms with van der Waals surface area (Å²) in [5.74, 6) is 0.